The first kappa shape index (κ1) is 18.3. The largest absolute Gasteiger partial charge is 0.490 e. The molecular weight excluding hydrogens is 354 g/mol. The Bertz CT molecular complexity index is 860. The highest BCUT2D eigenvalue weighted by molar-refractivity contribution is 5.96. The number of hydrogen-bond donors (Lipinski definition) is 1. The Labute approximate surface area is 154 Å². The molecule has 1 saturated heterocycles. The van der Waals surface area contributed by atoms with Crippen LogP contribution >= 0.6 is 0 Å². The van der Waals surface area contributed by atoms with Gasteiger partial charge in [-0.25, -0.2) is 9.78 Å². The smallest absolute Gasteiger partial charge is 0.354 e. The van der Waals surface area contributed by atoms with E-state index in [0.717, 1.165) is 0 Å². The monoisotopic (exact) mass is 371 g/mol. The van der Waals surface area contributed by atoms with Gasteiger partial charge in [-0.1, -0.05) is 0 Å². The Kier molecular flexibility index (Phi) is 5.30. The quantitative estimate of drug-likeness (QED) is 0.632. The molecule has 0 aliphatic carbocycles. The van der Waals surface area contributed by atoms with Gasteiger partial charge in [0.25, 0.3) is 11.6 Å². The number of benzene rings is 1. The van der Waals surface area contributed by atoms with Crippen LogP contribution in [0.15, 0.2) is 42.6 Å². The summed E-state index contributed by atoms with van der Waals surface area (Å²) in [6.07, 6.45) is 2.43. The topological polar surface area (TPSA) is 123 Å². The van der Waals surface area contributed by atoms with Crippen molar-refractivity contribution < 1.29 is 24.4 Å². The summed E-state index contributed by atoms with van der Waals surface area (Å²) in [4.78, 5) is 39.1. The number of non-ortho nitro benzene ring substituents is 1. The number of carboxylic acids is 1. The summed E-state index contributed by atoms with van der Waals surface area (Å²) in [5.74, 6) is -0.876. The number of amides is 1. The maximum absolute atomic E-state index is 12.5. The third-order valence-corrected chi connectivity index (χ3v) is 4.31. The second kappa shape index (κ2) is 7.81. The molecule has 0 saturated carbocycles. The van der Waals surface area contributed by atoms with E-state index in [-0.39, 0.29) is 29.0 Å². The van der Waals surface area contributed by atoms with Crippen LogP contribution in [-0.4, -0.2) is 51.0 Å². The standard InChI is InChI=1S/C18H17N3O6/c22-17(12-5-8-19-16(11-12)18(23)24)20-9-6-15(7-10-20)27-14-3-1-13(2-4-14)21(25)26/h1-5,8,11,15H,6-7,9-10H2,(H,23,24). The molecule has 1 fully saturated rings. The van der Waals surface area contributed by atoms with E-state index in [0.29, 0.717) is 31.7 Å². The van der Waals surface area contributed by atoms with Gasteiger partial charge in [0, 0.05) is 49.8 Å². The van der Waals surface area contributed by atoms with Crippen molar-refractivity contribution in [1.29, 1.82) is 0 Å². The van der Waals surface area contributed by atoms with E-state index < -0.39 is 10.9 Å². The highest BCUT2D eigenvalue weighted by Crippen LogP contribution is 2.22. The van der Waals surface area contributed by atoms with E-state index in [4.69, 9.17) is 9.84 Å². The predicted octanol–water partition coefficient (Wildman–Crippen LogP) is 2.37. The molecule has 0 spiro atoms. The van der Waals surface area contributed by atoms with Gasteiger partial charge in [-0.05, 0) is 24.3 Å². The van der Waals surface area contributed by atoms with E-state index in [1.807, 2.05) is 0 Å². The van der Waals surface area contributed by atoms with E-state index in [9.17, 15) is 19.7 Å². The number of nitro groups is 1. The molecule has 3 rings (SSSR count). The first-order valence-electron chi connectivity index (χ1n) is 8.34. The average Bonchev–Trinajstić information content (AvgIpc) is 2.68. The third kappa shape index (κ3) is 4.38. The number of nitrogens with zero attached hydrogens (tertiary/aromatic N) is 3. The fourth-order valence-corrected chi connectivity index (χ4v) is 2.88. The zero-order chi connectivity index (χ0) is 19.4. The lowest BCUT2D eigenvalue weighted by molar-refractivity contribution is -0.384. The van der Waals surface area contributed by atoms with E-state index in [2.05, 4.69) is 4.98 Å². The van der Waals surface area contributed by atoms with Gasteiger partial charge in [-0.3, -0.25) is 14.9 Å². The van der Waals surface area contributed by atoms with Crippen molar-refractivity contribution in [3.05, 3.63) is 64.0 Å². The summed E-state index contributed by atoms with van der Waals surface area (Å²) in [6, 6.07) is 8.65. The molecule has 2 heterocycles. The van der Waals surface area contributed by atoms with E-state index >= 15 is 0 Å². The van der Waals surface area contributed by atoms with Gasteiger partial charge < -0.3 is 14.7 Å². The molecule has 9 heteroatoms. The average molecular weight is 371 g/mol. The van der Waals surface area contributed by atoms with Gasteiger partial charge >= 0.3 is 5.97 Å². The van der Waals surface area contributed by atoms with Gasteiger partial charge in [0.1, 0.15) is 17.5 Å². The lowest BCUT2D eigenvalue weighted by atomic mass is 10.1. The Morgan fingerprint density at radius 3 is 2.44 bits per heavy atom. The lowest BCUT2D eigenvalue weighted by Gasteiger charge is -2.32. The number of nitro benzene ring substituents is 1. The first-order chi connectivity index (χ1) is 12.9. The van der Waals surface area contributed by atoms with Gasteiger partial charge in [0.05, 0.1) is 4.92 Å². The molecule has 0 atom stereocenters. The number of ether oxygens (including phenoxy) is 1. The number of carboxylic acid groups (broad SMARTS) is 1. The first-order valence-corrected chi connectivity index (χ1v) is 8.34. The number of aromatic carboxylic acids is 1. The molecule has 140 valence electrons. The summed E-state index contributed by atoms with van der Waals surface area (Å²) in [7, 11) is 0. The fourth-order valence-electron chi connectivity index (χ4n) is 2.88. The lowest BCUT2D eigenvalue weighted by Crippen LogP contribution is -2.41. The Balaban J connectivity index is 1.56. The minimum Gasteiger partial charge on any atom is -0.490 e. The summed E-state index contributed by atoms with van der Waals surface area (Å²) in [6.45, 7) is 0.947. The second-order valence-corrected chi connectivity index (χ2v) is 6.10. The molecule has 1 aromatic carbocycles. The van der Waals surface area contributed by atoms with Gasteiger partial charge in [-0.15, -0.1) is 0 Å². The molecule has 1 amide bonds. The van der Waals surface area contributed by atoms with Crippen LogP contribution < -0.4 is 4.74 Å². The summed E-state index contributed by atoms with van der Waals surface area (Å²) in [5, 5.41) is 19.7. The van der Waals surface area contributed by atoms with Crippen molar-refractivity contribution in [2.24, 2.45) is 0 Å². The van der Waals surface area contributed by atoms with Crippen LogP contribution in [-0.2, 0) is 0 Å². The van der Waals surface area contributed by atoms with Crippen molar-refractivity contribution in [3.8, 4) is 5.75 Å². The highest BCUT2D eigenvalue weighted by atomic mass is 16.6. The highest BCUT2D eigenvalue weighted by Gasteiger charge is 2.25. The third-order valence-electron chi connectivity index (χ3n) is 4.31. The second-order valence-electron chi connectivity index (χ2n) is 6.10. The molecule has 1 aliphatic rings. The number of hydrogen-bond acceptors (Lipinski definition) is 6. The Hall–Kier alpha value is -3.49. The van der Waals surface area contributed by atoms with Gasteiger partial charge in [0.2, 0.25) is 0 Å². The molecule has 1 N–H and O–H groups in total. The van der Waals surface area contributed by atoms with Gasteiger partial charge in [-0.2, -0.15) is 0 Å². The molecule has 0 radical (unpaired) electrons. The number of aromatic nitrogens is 1. The number of pyridine rings is 1. The van der Waals surface area contributed by atoms with Crippen LogP contribution in [0, 0.1) is 10.1 Å². The number of piperidine rings is 1. The van der Waals surface area contributed by atoms with E-state index in [1.165, 1.54) is 30.5 Å². The summed E-state index contributed by atoms with van der Waals surface area (Å²) < 4.78 is 5.83. The van der Waals surface area contributed by atoms with Crippen LogP contribution in [0.4, 0.5) is 5.69 Å². The molecule has 0 unspecified atom stereocenters. The van der Waals surface area contributed by atoms with Crippen molar-refractivity contribution in [2.75, 3.05) is 13.1 Å². The van der Waals surface area contributed by atoms with Crippen LogP contribution in [0.3, 0.4) is 0 Å². The predicted molar refractivity (Wildman–Crippen MR) is 93.8 cm³/mol. The number of likely N-dealkylation sites (tertiary alicyclic amines) is 1. The summed E-state index contributed by atoms with van der Waals surface area (Å²) >= 11 is 0. The maximum atomic E-state index is 12.5. The van der Waals surface area contributed by atoms with Crippen LogP contribution in [0.2, 0.25) is 0 Å². The van der Waals surface area contributed by atoms with Crippen molar-refractivity contribution in [3.63, 3.8) is 0 Å². The molecule has 1 aromatic heterocycles. The van der Waals surface area contributed by atoms with E-state index in [1.54, 1.807) is 17.0 Å². The van der Waals surface area contributed by atoms with Crippen LogP contribution in [0.1, 0.15) is 33.7 Å². The molecular formula is C18H17N3O6. The number of carbonyl (C=O) groups excluding carboxylic acids is 1. The van der Waals surface area contributed by atoms with Crippen molar-refractivity contribution in [2.45, 2.75) is 18.9 Å². The molecule has 27 heavy (non-hydrogen) atoms. The minimum atomic E-state index is -1.18. The number of rotatable bonds is 5. The van der Waals surface area contributed by atoms with Crippen molar-refractivity contribution >= 4 is 17.6 Å². The zero-order valence-corrected chi connectivity index (χ0v) is 14.3. The normalized spacial score (nSPS) is 14.6. The summed E-state index contributed by atoms with van der Waals surface area (Å²) in [5.41, 5.74) is 0.121. The molecule has 0 bridgehead atoms. The molecule has 9 nitrogen and oxygen atoms in total. The SMILES string of the molecule is O=C(O)c1cc(C(=O)N2CCC(Oc3ccc([N+](=O)[O-])cc3)CC2)ccn1. The minimum absolute atomic E-state index is 0.000784. The maximum Gasteiger partial charge on any atom is 0.354 e. The van der Waals surface area contributed by atoms with Crippen LogP contribution in [0.5, 0.6) is 5.75 Å². The van der Waals surface area contributed by atoms with Gasteiger partial charge in [0.15, 0.2) is 0 Å². The zero-order valence-electron chi connectivity index (χ0n) is 14.3. The Morgan fingerprint density at radius 1 is 1.19 bits per heavy atom. The molecule has 1 aliphatic heterocycles. The van der Waals surface area contributed by atoms with Crippen molar-refractivity contribution in [1.82, 2.24) is 9.88 Å². The Morgan fingerprint density at radius 2 is 1.85 bits per heavy atom. The van der Waals surface area contributed by atoms with Crippen LogP contribution in [0.25, 0.3) is 0 Å². The number of carbonyl (C=O) groups is 2. The fraction of sp³-hybridized carbons (Fsp3) is 0.278. The molecule has 2 aromatic rings.